The quantitative estimate of drug-likeness (QED) is 0.0222. The van der Waals surface area contributed by atoms with Gasteiger partial charge in [0.2, 0.25) is 0 Å². The van der Waals surface area contributed by atoms with Gasteiger partial charge in [-0.25, -0.2) is 9.13 Å². The Labute approximate surface area is 619 Å². The summed E-state index contributed by atoms with van der Waals surface area (Å²) in [5.41, 5.74) is 0. The molecule has 600 valence electrons. The van der Waals surface area contributed by atoms with Crippen LogP contribution in [-0.2, 0) is 65.4 Å². The number of hydrogen-bond acceptors (Lipinski definition) is 15. The minimum atomic E-state index is -4.96. The third kappa shape index (κ3) is 74.7. The summed E-state index contributed by atoms with van der Waals surface area (Å²) in [6, 6.07) is 0. The second kappa shape index (κ2) is 71.0. The average Bonchev–Trinajstić information content (AvgIpc) is 0.993. The number of unbranched alkanes of at least 4 members (excludes halogenated alkanes) is 44. The van der Waals surface area contributed by atoms with Gasteiger partial charge in [0.15, 0.2) is 12.2 Å². The summed E-state index contributed by atoms with van der Waals surface area (Å²) >= 11 is 0. The third-order valence-corrected chi connectivity index (χ3v) is 21.3. The molecule has 6 atom stereocenters. The van der Waals surface area contributed by atoms with Crippen molar-refractivity contribution in [3.05, 3.63) is 0 Å². The number of carbonyl (C=O) groups excluding carboxylic acids is 4. The lowest BCUT2D eigenvalue weighted by atomic mass is 9.99. The number of ether oxygens (including phenoxy) is 4. The Bertz CT molecular complexity index is 1970. The molecule has 0 rings (SSSR count). The molecular formula is C82H160O17P2. The molecule has 0 spiro atoms. The number of phosphoric ester groups is 2. The van der Waals surface area contributed by atoms with E-state index in [1.807, 2.05) is 0 Å². The molecule has 101 heavy (non-hydrogen) atoms. The topological polar surface area (TPSA) is 237 Å². The van der Waals surface area contributed by atoms with Gasteiger partial charge in [0.1, 0.15) is 19.3 Å². The summed E-state index contributed by atoms with van der Waals surface area (Å²) in [6.07, 6.45) is 58.6. The van der Waals surface area contributed by atoms with E-state index < -0.39 is 97.5 Å². The van der Waals surface area contributed by atoms with E-state index in [2.05, 4.69) is 55.4 Å². The summed E-state index contributed by atoms with van der Waals surface area (Å²) in [5.74, 6) is 0.969. The standard InChI is InChI=1S/C82H160O17P2/c1-9-75(8)61-53-45-36-29-25-21-17-12-10-11-13-18-22-26-30-38-48-57-65-82(87)99-78(69-93-80(85)63-55-47-41-40-44-52-60-74(6)7)71-97-101(90,91)95-67-76(83)66-94-100(88,89)96-70-77(68-92-79(84)62-54-46-37-33-32-35-43-51-59-73(4)5)98-81(86)64-56-49-39-31-27-23-19-15-14-16-20-24-28-34-42-50-58-72(2)3/h72-78,83H,9-71H2,1-8H3,(H,88,89)(H,90,91)/t75?,76-,77-,78-/m1/s1. The maximum Gasteiger partial charge on any atom is 0.472 e. The van der Waals surface area contributed by atoms with Gasteiger partial charge in [-0.1, -0.05) is 370 Å². The molecule has 0 saturated carbocycles. The maximum absolute atomic E-state index is 13.1. The van der Waals surface area contributed by atoms with Crippen molar-refractivity contribution in [3.8, 4) is 0 Å². The van der Waals surface area contributed by atoms with Crippen LogP contribution in [0.2, 0.25) is 0 Å². The van der Waals surface area contributed by atoms with Gasteiger partial charge < -0.3 is 33.8 Å². The zero-order valence-corrected chi connectivity index (χ0v) is 68.3. The van der Waals surface area contributed by atoms with Gasteiger partial charge in [0.05, 0.1) is 26.4 Å². The van der Waals surface area contributed by atoms with Crippen molar-refractivity contribution in [2.24, 2.45) is 23.7 Å². The predicted octanol–water partition coefficient (Wildman–Crippen LogP) is 24.4. The number of aliphatic hydroxyl groups is 1. The molecule has 3 N–H and O–H groups in total. The van der Waals surface area contributed by atoms with E-state index in [9.17, 15) is 43.2 Å². The Balaban J connectivity index is 5.15. The molecule has 0 saturated heterocycles. The number of aliphatic hydroxyl groups excluding tert-OH is 1. The van der Waals surface area contributed by atoms with E-state index in [1.54, 1.807) is 0 Å². The molecule has 0 aliphatic rings. The Hall–Kier alpha value is -1.94. The average molecular weight is 1480 g/mol. The van der Waals surface area contributed by atoms with Crippen LogP contribution in [0.4, 0.5) is 0 Å². The van der Waals surface area contributed by atoms with Crippen LogP contribution in [0.5, 0.6) is 0 Å². The minimum absolute atomic E-state index is 0.107. The van der Waals surface area contributed by atoms with E-state index in [4.69, 9.17) is 37.0 Å². The lowest BCUT2D eigenvalue weighted by Gasteiger charge is -2.21. The summed E-state index contributed by atoms with van der Waals surface area (Å²) in [4.78, 5) is 72.9. The fraction of sp³-hybridized carbons (Fsp3) is 0.951. The Morgan fingerprint density at radius 3 is 0.703 bits per heavy atom. The normalized spacial score (nSPS) is 14.3. The molecule has 0 aromatic rings. The number of carbonyl (C=O) groups is 4. The first kappa shape index (κ1) is 99.1. The fourth-order valence-electron chi connectivity index (χ4n) is 12.6. The van der Waals surface area contributed by atoms with Crippen molar-refractivity contribution >= 4 is 39.5 Å². The first-order valence-electron chi connectivity index (χ1n) is 42.2. The van der Waals surface area contributed by atoms with E-state index >= 15 is 0 Å². The highest BCUT2D eigenvalue weighted by Crippen LogP contribution is 2.45. The molecule has 0 aliphatic heterocycles. The molecule has 0 radical (unpaired) electrons. The van der Waals surface area contributed by atoms with Gasteiger partial charge >= 0.3 is 39.5 Å². The van der Waals surface area contributed by atoms with Crippen molar-refractivity contribution in [1.29, 1.82) is 0 Å². The molecule has 3 unspecified atom stereocenters. The highest BCUT2D eigenvalue weighted by molar-refractivity contribution is 7.47. The first-order chi connectivity index (χ1) is 48.6. The number of phosphoric acid groups is 2. The van der Waals surface area contributed by atoms with Crippen LogP contribution < -0.4 is 0 Å². The zero-order valence-electron chi connectivity index (χ0n) is 66.5. The number of rotatable bonds is 79. The maximum atomic E-state index is 13.1. The SMILES string of the molecule is CCC(C)CCCCCCCCCCCCCCCCCCCCC(=O)O[C@H](COC(=O)CCCCCCCCC(C)C)COP(=O)(O)OC[C@H](O)COP(=O)(O)OC[C@@H](COC(=O)CCCCCCCCCCC(C)C)OC(=O)CCCCCCCCCCCCCCCCCCC(C)C. The summed E-state index contributed by atoms with van der Waals surface area (Å²) in [6.45, 7) is 14.2. The molecule has 17 nitrogen and oxygen atoms in total. The molecule has 0 bridgehead atoms. The molecule has 0 aromatic heterocycles. The summed E-state index contributed by atoms with van der Waals surface area (Å²) < 4.78 is 68.7. The van der Waals surface area contributed by atoms with Crippen molar-refractivity contribution in [2.75, 3.05) is 39.6 Å². The Morgan fingerprint density at radius 2 is 0.475 bits per heavy atom. The summed E-state index contributed by atoms with van der Waals surface area (Å²) in [5, 5.41) is 10.6. The molecule has 0 aromatic carbocycles. The molecular weight excluding hydrogens is 1320 g/mol. The highest BCUT2D eigenvalue weighted by Gasteiger charge is 2.30. The highest BCUT2D eigenvalue weighted by atomic mass is 31.2. The Morgan fingerprint density at radius 1 is 0.277 bits per heavy atom. The number of esters is 4. The molecule has 0 heterocycles. The van der Waals surface area contributed by atoms with Crippen molar-refractivity contribution in [1.82, 2.24) is 0 Å². The smallest absolute Gasteiger partial charge is 0.462 e. The third-order valence-electron chi connectivity index (χ3n) is 19.4. The molecule has 0 aliphatic carbocycles. The Kier molecular flexibility index (Phi) is 69.6. The van der Waals surface area contributed by atoms with Crippen LogP contribution in [0, 0.1) is 23.7 Å². The van der Waals surface area contributed by atoms with Crippen molar-refractivity contribution in [3.63, 3.8) is 0 Å². The predicted molar refractivity (Wildman–Crippen MR) is 414 cm³/mol. The van der Waals surface area contributed by atoms with Gasteiger partial charge in [-0.3, -0.25) is 37.3 Å². The van der Waals surface area contributed by atoms with E-state index in [0.29, 0.717) is 31.6 Å². The number of hydrogen-bond donors (Lipinski definition) is 3. The van der Waals surface area contributed by atoms with Gasteiger partial charge in [0.25, 0.3) is 0 Å². The van der Waals surface area contributed by atoms with E-state index in [-0.39, 0.29) is 25.7 Å². The van der Waals surface area contributed by atoms with Gasteiger partial charge in [-0.15, -0.1) is 0 Å². The van der Waals surface area contributed by atoms with E-state index in [0.717, 1.165) is 114 Å². The lowest BCUT2D eigenvalue weighted by molar-refractivity contribution is -0.161. The molecule has 19 heteroatoms. The monoisotopic (exact) mass is 1480 g/mol. The second-order valence-corrected chi connectivity index (χ2v) is 34.1. The molecule has 0 fully saturated rings. The minimum Gasteiger partial charge on any atom is -0.462 e. The van der Waals surface area contributed by atoms with Crippen molar-refractivity contribution < 1.29 is 80.2 Å². The van der Waals surface area contributed by atoms with Crippen LogP contribution in [0.3, 0.4) is 0 Å². The van der Waals surface area contributed by atoms with Gasteiger partial charge in [-0.05, 0) is 49.4 Å². The lowest BCUT2D eigenvalue weighted by Crippen LogP contribution is -2.30. The molecule has 0 amide bonds. The van der Waals surface area contributed by atoms with Crippen LogP contribution in [-0.4, -0.2) is 96.7 Å². The van der Waals surface area contributed by atoms with Gasteiger partial charge in [-0.2, -0.15) is 0 Å². The van der Waals surface area contributed by atoms with Crippen LogP contribution in [0.25, 0.3) is 0 Å². The van der Waals surface area contributed by atoms with E-state index in [1.165, 1.54) is 218 Å². The fourth-order valence-corrected chi connectivity index (χ4v) is 14.2. The van der Waals surface area contributed by atoms with Crippen LogP contribution in [0.1, 0.15) is 421 Å². The van der Waals surface area contributed by atoms with Crippen molar-refractivity contribution in [2.45, 2.75) is 440 Å². The van der Waals surface area contributed by atoms with Crippen LogP contribution in [0.15, 0.2) is 0 Å². The largest absolute Gasteiger partial charge is 0.472 e. The second-order valence-electron chi connectivity index (χ2n) is 31.2. The first-order valence-corrected chi connectivity index (χ1v) is 45.2. The zero-order chi connectivity index (χ0) is 74.6. The van der Waals surface area contributed by atoms with Crippen LogP contribution >= 0.6 is 15.6 Å². The summed E-state index contributed by atoms with van der Waals surface area (Å²) in [7, 11) is -9.92. The van der Waals surface area contributed by atoms with Gasteiger partial charge in [0, 0.05) is 25.7 Å².